The van der Waals surface area contributed by atoms with Crippen molar-refractivity contribution in [2.45, 2.75) is 25.9 Å². The second-order valence-electron chi connectivity index (χ2n) is 6.76. The van der Waals surface area contributed by atoms with Crippen molar-refractivity contribution in [3.63, 3.8) is 0 Å². The molecule has 5 nitrogen and oxygen atoms in total. The molecule has 0 fully saturated rings. The molecule has 1 aliphatic rings. The van der Waals surface area contributed by atoms with E-state index >= 15 is 0 Å². The number of aromatic carboxylic acids is 1. The third kappa shape index (κ3) is 5.22. The van der Waals surface area contributed by atoms with E-state index in [1.54, 1.807) is 30.3 Å². The number of benzene rings is 1. The van der Waals surface area contributed by atoms with Crippen LogP contribution in [0, 0.1) is 11.8 Å². The molecule has 1 aliphatic carbocycles. The number of ketones is 1. The van der Waals surface area contributed by atoms with Crippen molar-refractivity contribution in [3.05, 3.63) is 62.8 Å². The Morgan fingerprint density at radius 1 is 1.25 bits per heavy atom. The average molecular weight is 421 g/mol. The second-order valence-corrected chi connectivity index (χ2v) is 8.36. The molecular weight excluding hydrogens is 400 g/mol. The molecule has 0 spiro atoms. The highest BCUT2D eigenvalue weighted by Crippen LogP contribution is 2.30. The summed E-state index contributed by atoms with van der Waals surface area (Å²) in [5, 5.41) is 18.7. The van der Waals surface area contributed by atoms with Crippen LogP contribution in [0.1, 0.15) is 33.0 Å². The van der Waals surface area contributed by atoms with E-state index in [4.69, 9.17) is 21.4 Å². The van der Waals surface area contributed by atoms with Crippen LogP contribution in [-0.4, -0.2) is 28.6 Å². The van der Waals surface area contributed by atoms with E-state index in [1.807, 2.05) is 12.1 Å². The van der Waals surface area contributed by atoms with E-state index in [-0.39, 0.29) is 30.8 Å². The highest BCUT2D eigenvalue weighted by molar-refractivity contribution is 7.13. The molecule has 28 heavy (non-hydrogen) atoms. The van der Waals surface area contributed by atoms with Gasteiger partial charge in [-0.25, -0.2) is 4.79 Å². The number of carboxylic acids is 1. The van der Waals surface area contributed by atoms with Crippen LogP contribution in [-0.2, 0) is 17.8 Å². The number of aliphatic hydroxyl groups excluding tert-OH is 1. The number of halogens is 1. The first kappa shape index (κ1) is 20.6. The molecular formula is C21H21ClO5S. The van der Waals surface area contributed by atoms with Crippen molar-refractivity contribution in [2.24, 2.45) is 11.8 Å². The minimum Gasteiger partial charge on any atom is -0.493 e. The molecule has 0 radical (unpaired) electrons. The maximum absolute atomic E-state index is 12.2. The summed E-state index contributed by atoms with van der Waals surface area (Å²) < 4.78 is 5.79. The van der Waals surface area contributed by atoms with Gasteiger partial charge in [-0.05, 0) is 67.2 Å². The molecule has 1 heterocycles. The minimum atomic E-state index is -0.900. The molecule has 0 amide bonds. The van der Waals surface area contributed by atoms with Crippen molar-refractivity contribution < 1.29 is 24.5 Å². The third-order valence-corrected chi connectivity index (χ3v) is 6.12. The molecule has 1 aromatic heterocycles. The van der Waals surface area contributed by atoms with E-state index in [1.165, 1.54) is 11.3 Å². The van der Waals surface area contributed by atoms with Gasteiger partial charge in [0.1, 0.15) is 10.6 Å². The number of rotatable bonds is 9. The lowest BCUT2D eigenvalue weighted by atomic mass is 9.90. The Morgan fingerprint density at radius 2 is 2.07 bits per heavy atom. The van der Waals surface area contributed by atoms with E-state index in [0.29, 0.717) is 21.2 Å². The summed E-state index contributed by atoms with van der Waals surface area (Å²) >= 11 is 7.32. The van der Waals surface area contributed by atoms with Gasteiger partial charge in [0.25, 0.3) is 0 Å². The van der Waals surface area contributed by atoms with Crippen LogP contribution >= 0.6 is 22.9 Å². The Bertz CT molecular complexity index is 889. The molecule has 0 saturated heterocycles. The van der Waals surface area contributed by atoms with Crippen LogP contribution in [0.3, 0.4) is 0 Å². The van der Waals surface area contributed by atoms with Gasteiger partial charge in [-0.2, -0.15) is 0 Å². The Kier molecular flexibility index (Phi) is 6.88. The normalized spacial score (nSPS) is 18.6. The molecule has 148 valence electrons. The van der Waals surface area contributed by atoms with E-state index in [0.717, 1.165) is 24.1 Å². The molecule has 2 N–H and O–H groups in total. The summed E-state index contributed by atoms with van der Waals surface area (Å²) in [6, 6.07) is 8.52. The monoisotopic (exact) mass is 420 g/mol. The van der Waals surface area contributed by atoms with Gasteiger partial charge in [0, 0.05) is 9.90 Å². The van der Waals surface area contributed by atoms with Crippen molar-refractivity contribution in [1.82, 2.24) is 0 Å². The second kappa shape index (κ2) is 9.37. The third-order valence-electron chi connectivity index (χ3n) is 4.77. The standard InChI is InChI=1S/C21H21ClO5S/c22-15-8-13(11-23)9-16(10-15)27-12-18-14(4-6-19(18)24)2-1-3-17-5-7-20(28-17)21(25)26/h4-10,14,18,23H,1-3,11-12H2,(H,25,26)/t14-,18+/m0/s1. The van der Waals surface area contributed by atoms with E-state index in [2.05, 4.69) is 0 Å². The van der Waals surface area contributed by atoms with Crippen LogP contribution in [0.15, 0.2) is 42.5 Å². The van der Waals surface area contributed by atoms with Crippen molar-refractivity contribution >= 4 is 34.7 Å². The average Bonchev–Trinajstić information content (AvgIpc) is 3.27. The maximum Gasteiger partial charge on any atom is 0.345 e. The lowest BCUT2D eigenvalue weighted by Gasteiger charge is -2.19. The Morgan fingerprint density at radius 3 is 2.79 bits per heavy atom. The quantitative estimate of drug-likeness (QED) is 0.629. The van der Waals surface area contributed by atoms with Crippen LogP contribution in [0.25, 0.3) is 0 Å². The van der Waals surface area contributed by atoms with Crippen LogP contribution in [0.2, 0.25) is 5.02 Å². The number of carbonyl (C=O) groups excluding carboxylic acids is 1. The van der Waals surface area contributed by atoms with Crippen LogP contribution in [0.5, 0.6) is 5.75 Å². The molecule has 0 unspecified atom stereocenters. The SMILES string of the molecule is O=C(O)c1ccc(CCC[C@H]2C=CC(=O)[C@@H]2COc2cc(Cl)cc(CO)c2)s1. The molecule has 2 aromatic rings. The summed E-state index contributed by atoms with van der Waals surface area (Å²) in [6.45, 7) is 0.125. The Labute approximate surface area is 172 Å². The number of carboxylic acid groups (broad SMARTS) is 1. The van der Waals surface area contributed by atoms with E-state index < -0.39 is 5.97 Å². The number of hydrogen-bond donors (Lipinski definition) is 2. The minimum absolute atomic E-state index is 0.0543. The fourth-order valence-corrected chi connectivity index (χ4v) is 4.45. The number of aliphatic hydroxyl groups is 1. The zero-order chi connectivity index (χ0) is 20.1. The van der Waals surface area contributed by atoms with Gasteiger partial charge < -0.3 is 14.9 Å². The predicted octanol–water partition coefficient (Wildman–Crippen LogP) is 4.37. The van der Waals surface area contributed by atoms with Gasteiger partial charge in [-0.3, -0.25) is 4.79 Å². The van der Waals surface area contributed by atoms with Crippen molar-refractivity contribution in [2.75, 3.05) is 6.61 Å². The molecule has 1 aromatic carbocycles. The first-order valence-electron chi connectivity index (χ1n) is 9.03. The van der Waals surface area contributed by atoms with Crippen LogP contribution in [0.4, 0.5) is 0 Å². The fraction of sp³-hybridized carbons (Fsp3) is 0.333. The number of aryl methyl sites for hydroxylation is 1. The van der Waals surface area contributed by atoms with Gasteiger partial charge in [0.05, 0.1) is 19.1 Å². The van der Waals surface area contributed by atoms with Crippen molar-refractivity contribution in [1.29, 1.82) is 0 Å². The molecule has 0 saturated carbocycles. The maximum atomic E-state index is 12.2. The van der Waals surface area contributed by atoms with Gasteiger partial charge in [-0.15, -0.1) is 11.3 Å². The van der Waals surface area contributed by atoms with Gasteiger partial charge in [0.2, 0.25) is 0 Å². The molecule has 7 heteroatoms. The highest BCUT2D eigenvalue weighted by Gasteiger charge is 2.30. The van der Waals surface area contributed by atoms with Gasteiger partial charge >= 0.3 is 5.97 Å². The molecule has 3 rings (SSSR count). The smallest absolute Gasteiger partial charge is 0.345 e. The van der Waals surface area contributed by atoms with Gasteiger partial charge in [-0.1, -0.05) is 17.7 Å². The predicted molar refractivity (Wildman–Crippen MR) is 108 cm³/mol. The van der Waals surface area contributed by atoms with Crippen LogP contribution < -0.4 is 4.74 Å². The van der Waals surface area contributed by atoms with Crippen molar-refractivity contribution in [3.8, 4) is 5.75 Å². The Hall–Kier alpha value is -2.15. The highest BCUT2D eigenvalue weighted by atomic mass is 35.5. The zero-order valence-corrected chi connectivity index (χ0v) is 16.7. The number of hydrogen-bond acceptors (Lipinski definition) is 5. The first-order valence-corrected chi connectivity index (χ1v) is 10.2. The molecule has 2 atom stereocenters. The molecule has 0 bridgehead atoms. The number of allylic oxidation sites excluding steroid dienone is 2. The Balaban J connectivity index is 1.53. The summed E-state index contributed by atoms with van der Waals surface area (Å²) in [6.07, 6.45) is 6.03. The first-order chi connectivity index (χ1) is 13.5. The largest absolute Gasteiger partial charge is 0.493 e. The summed E-state index contributed by atoms with van der Waals surface area (Å²) in [4.78, 5) is 24.5. The number of thiophene rings is 1. The summed E-state index contributed by atoms with van der Waals surface area (Å²) in [5.41, 5.74) is 0.659. The lowest BCUT2D eigenvalue weighted by Crippen LogP contribution is -2.23. The zero-order valence-electron chi connectivity index (χ0n) is 15.1. The number of carbonyl (C=O) groups is 2. The molecule has 0 aliphatic heterocycles. The lowest BCUT2D eigenvalue weighted by molar-refractivity contribution is -0.119. The topological polar surface area (TPSA) is 83.8 Å². The van der Waals surface area contributed by atoms with E-state index in [9.17, 15) is 14.7 Å². The fourth-order valence-electron chi connectivity index (χ4n) is 3.31. The summed E-state index contributed by atoms with van der Waals surface area (Å²) in [5.74, 6) is -0.450. The number of ether oxygens (including phenoxy) is 1. The summed E-state index contributed by atoms with van der Waals surface area (Å²) in [7, 11) is 0. The van der Waals surface area contributed by atoms with Gasteiger partial charge in [0.15, 0.2) is 5.78 Å².